The average Bonchev–Trinajstić information content (AvgIpc) is 3.48. The van der Waals surface area contributed by atoms with E-state index in [0.29, 0.717) is 5.89 Å². The summed E-state index contributed by atoms with van der Waals surface area (Å²) in [5.41, 5.74) is 4.39. The minimum Gasteiger partial charge on any atom is -0.443 e. The highest BCUT2D eigenvalue weighted by Gasteiger charge is 2.06. The van der Waals surface area contributed by atoms with Crippen LogP contribution in [0.5, 0.6) is 0 Å². The summed E-state index contributed by atoms with van der Waals surface area (Å²) in [4.78, 5) is 16.1. The second-order valence-corrected chi connectivity index (χ2v) is 7.12. The Bertz CT molecular complexity index is 1290. The molecule has 0 radical (unpaired) electrons. The van der Waals surface area contributed by atoms with E-state index in [-0.39, 0.29) is 12.4 Å². The number of pyridine rings is 2. The fourth-order valence-electron chi connectivity index (χ4n) is 2.63. The first kappa shape index (κ1) is 23.1. The van der Waals surface area contributed by atoms with Gasteiger partial charge in [0.15, 0.2) is 17.6 Å². The third kappa shape index (κ3) is 6.23. The van der Waals surface area contributed by atoms with E-state index >= 15 is 0 Å². The molecule has 0 saturated carbocycles. The molecule has 0 aliphatic rings. The maximum Gasteiger partial charge on any atom is 0.227 e. The molecule has 6 aromatic rings. The normalized spacial score (nSPS) is 9.78. The van der Waals surface area contributed by atoms with Crippen molar-refractivity contribution in [2.45, 2.75) is 0 Å². The molecular formula is C24H18BrClN4O2. The van der Waals surface area contributed by atoms with Crippen molar-refractivity contribution in [1.82, 2.24) is 19.9 Å². The maximum atomic E-state index is 5.62. The van der Waals surface area contributed by atoms with Gasteiger partial charge in [-0.15, -0.1) is 12.4 Å². The van der Waals surface area contributed by atoms with E-state index in [1.807, 2.05) is 72.8 Å². The first-order valence-corrected chi connectivity index (χ1v) is 10.2. The van der Waals surface area contributed by atoms with Gasteiger partial charge in [-0.2, -0.15) is 0 Å². The molecule has 0 saturated heterocycles. The number of rotatable bonds is 1. The van der Waals surface area contributed by atoms with Crippen LogP contribution in [0.1, 0.15) is 0 Å². The van der Waals surface area contributed by atoms with Gasteiger partial charge in [0.1, 0.15) is 11.0 Å². The number of aromatic nitrogens is 4. The largest absolute Gasteiger partial charge is 0.443 e. The van der Waals surface area contributed by atoms with Crippen molar-refractivity contribution >= 4 is 50.5 Å². The monoisotopic (exact) mass is 508 g/mol. The van der Waals surface area contributed by atoms with Gasteiger partial charge in [-0.05, 0) is 48.5 Å². The Morgan fingerprint density at radius 1 is 0.656 bits per heavy atom. The molecule has 0 aliphatic carbocycles. The van der Waals surface area contributed by atoms with Gasteiger partial charge in [0.2, 0.25) is 5.89 Å². The highest BCUT2D eigenvalue weighted by atomic mass is 79.9. The lowest BCUT2D eigenvalue weighted by Crippen LogP contribution is -1.76. The van der Waals surface area contributed by atoms with E-state index in [9.17, 15) is 0 Å². The Morgan fingerprint density at radius 3 is 1.84 bits per heavy atom. The molecule has 32 heavy (non-hydrogen) atoms. The van der Waals surface area contributed by atoms with Crippen LogP contribution < -0.4 is 0 Å². The fraction of sp³-hybridized carbons (Fsp3) is 0. The highest BCUT2D eigenvalue weighted by Crippen LogP contribution is 2.22. The van der Waals surface area contributed by atoms with Crippen molar-refractivity contribution in [3.05, 3.63) is 108 Å². The van der Waals surface area contributed by atoms with Crippen LogP contribution in [0.4, 0.5) is 0 Å². The van der Waals surface area contributed by atoms with Crippen LogP contribution in [0.15, 0.2) is 117 Å². The van der Waals surface area contributed by atoms with Crippen LogP contribution >= 0.6 is 28.3 Å². The quantitative estimate of drug-likeness (QED) is 0.238. The first-order chi connectivity index (χ1) is 15.3. The number of nitrogens with zero attached hydrogens (tertiary/aromatic N) is 4. The summed E-state index contributed by atoms with van der Waals surface area (Å²) >= 11 is 3.27. The molecule has 0 fully saturated rings. The van der Waals surface area contributed by atoms with Crippen LogP contribution in [0.2, 0.25) is 0 Å². The minimum absolute atomic E-state index is 0. The number of benzene rings is 2. The maximum absolute atomic E-state index is 5.62. The Morgan fingerprint density at radius 2 is 1.25 bits per heavy atom. The van der Waals surface area contributed by atoms with Gasteiger partial charge in [0.25, 0.3) is 0 Å². The summed E-state index contributed by atoms with van der Waals surface area (Å²) in [6.45, 7) is 0. The summed E-state index contributed by atoms with van der Waals surface area (Å²) in [6.07, 6.45) is 8.38. The summed E-state index contributed by atoms with van der Waals surface area (Å²) in [5, 5.41) is 0. The van der Waals surface area contributed by atoms with E-state index in [4.69, 9.17) is 8.83 Å². The van der Waals surface area contributed by atoms with Gasteiger partial charge in [-0.25, -0.2) is 9.97 Å². The lowest BCUT2D eigenvalue weighted by atomic mass is 10.3. The molecule has 6 rings (SSSR count). The third-order valence-electron chi connectivity index (χ3n) is 4.10. The summed E-state index contributed by atoms with van der Waals surface area (Å²) in [7, 11) is 0. The SMILES string of the molecule is Brc1ccncc1.Cl.c1ccc2oc(-c3ccncc3)nc2c1.c1ccc2ocnc2c1. The van der Waals surface area contributed by atoms with Crippen molar-refractivity contribution < 1.29 is 8.83 Å². The lowest BCUT2D eigenvalue weighted by Gasteiger charge is -1.91. The van der Waals surface area contributed by atoms with Gasteiger partial charge in [0, 0.05) is 34.8 Å². The van der Waals surface area contributed by atoms with Crippen LogP contribution in [0.3, 0.4) is 0 Å². The summed E-state index contributed by atoms with van der Waals surface area (Å²) in [5.74, 6) is 0.638. The topological polar surface area (TPSA) is 77.8 Å². The molecule has 0 N–H and O–H groups in total. The number of para-hydroxylation sites is 4. The van der Waals surface area contributed by atoms with Crippen LogP contribution in [-0.4, -0.2) is 19.9 Å². The van der Waals surface area contributed by atoms with E-state index in [2.05, 4.69) is 35.9 Å². The van der Waals surface area contributed by atoms with Crippen LogP contribution in [0.25, 0.3) is 33.7 Å². The predicted molar refractivity (Wildman–Crippen MR) is 130 cm³/mol. The Kier molecular flexibility index (Phi) is 8.48. The lowest BCUT2D eigenvalue weighted by molar-refractivity contribution is 0.602. The second-order valence-electron chi connectivity index (χ2n) is 6.21. The molecule has 160 valence electrons. The molecule has 4 heterocycles. The smallest absolute Gasteiger partial charge is 0.227 e. The zero-order chi connectivity index (χ0) is 21.3. The predicted octanol–water partition coefficient (Wildman–Crippen LogP) is 6.98. The summed E-state index contributed by atoms with van der Waals surface area (Å²) < 4.78 is 11.7. The molecular weight excluding hydrogens is 492 g/mol. The molecule has 0 spiro atoms. The zero-order valence-corrected chi connectivity index (χ0v) is 19.1. The van der Waals surface area contributed by atoms with Gasteiger partial charge >= 0.3 is 0 Å². The second kappa shape index (κ2) is 11.7. The van der Waals surface area contributed by atoms with Crippen molar-refractivity contribution in [3.8, 4) is 11.5 Å². The number of hydrogen-bond acceptors (Lipinski definition) is 6. The molecule has 0 amide bonds. The molecule has 6 nitrogen and oxygen atoms in total. The summed E-state index contributed by atoms with van der Waals surface area (Å²) in [6, 6.07) is 22.9. The van der Waals surface area contributed by atoms with Crippen molar-refractivity contribution in [3.63, 3.8) is 0 Å². The average molecular weight is 510 g/mol. The van der Waals surface area contributed by atoms with E-state index in [1.165, 1.54) is 6.39 Å². The standard InChI is InChI=1S/C12H8N2O.C7H5NO.C5H4BrN.ClH/c1-2-4-11-10(3-1)14-12(15-11)9-5-7-13-8-6-9;1-2-4-7-6(3-1)8-5-9-7;6-5-1-3-7-4-2-5;/h1-8H;1-5H;1-4H;1H. The van der Waals surface area contributed by atoms with E-state index in [1.54, 1.807) is 24.8 Å². The number of oxazole rings is 2. The first-order valence-electron chi connectivity index (χ1n) is 9.39. The van der Waals surface area contributed by atoms with Gasteiger partial charge in [0.05, 0.1) is 0 Å². The van der Waals surface area contributed by atoms with E-state index < -0.39 is 0 Å². The van der Waals surface area contributed by atoms with Crippen molar-refractivity contribution in [1.29, 1.82) is 0 Å². The molecule has 0 atom stereocenters. The zero-order valence-electron chi connectivity index (χ0n) is 16.7. The molecule has 4 aromatic heterocycles. The Balaban J connectivity index is 0.000000146. The van der Waals surface area contributed by atoms with E-state index in [0.717, 1.165) is 32.2 Å². The van der Waals surface area contributed by atoms with Crippen LogP contribution in [0, 0.1) is 0 Å². The van der Waals surface area contributed by atoms with Gasteiger partial charge < -0.3 is 8.83 Å². The molecule has 0 bridgehead atoms. The molecule has 0 aliphatic heterocycles. The fourth-order valence-corrected chi connectivity index (χ4v) is 2.86. The van der Waals surface area contributed by atoms with Gasteiger partial charge in [-0.1, -0.05) is 40.2 Å². The van der Waals surface area contributed by atoms with Crippen molar-refractivity contribution in [2.75, 3.05) is 0 Å². The van der Waals surface area contributed by atoms with Crippen LogP contribution in [-0.2, 0) is 0 Å². The van der Waals surface area contributed by atoms with Crippen molar-refractivity contribution in [2.24, 2.45) is 0 Å². The molecule has 0 unspecified atom stereocenters. The molecule has 8 heteroatoms. The molecule has 2 aromatic carbocycles. The highest BCUT2D eigenvalue weighted by molar-refractivity contribution is 9.10. The minimum atomic E-state index is 0. The Hall–Kier alpha value is -3.55. The number of hydrogen-bond donors (Lipinski definition) is 0. The number of halogens is 2. The number of fused-ring (bicyclic) bond motifs is 2. The Labute approximate surface area is 198 Å². The third-order valence-corrected chi connectivity index (χ3v) is 4.63. The van der Waals surface area contributed by atoms with Gasteiger partial charge in [-0.3, -0.25) is 9.97 Å².